The van der Waals surface area contributed by atoms with Crippen molar-refractivity contribution in [1.29, 1.82) is 0 Å². The van der Waals surface area contributed by atoms with Gasteiger partial charge in [-0.1, -0.05) is 0 Å². The Morgan fingerprint density at radius 1 is 1.14 bits per heavy atom. The summed E-state index contributed by atoms with van der Waals surface area (Å²) < 4.78 is 15.1. The Balaban J connectivity index is 2.49. The lowest BCUT2D eigenvalue weighted by molar-refractivity contribution is -0.179. The van der Waals surface area contributed by atoms with E-state index in [2.05, 4.69) is 0 Å². The number of carbonyl (C=O) groups excluding carboxylic acids is 2. The van der Waals surface area contributed by atoms with E-state index >= 15 is 0 Å². The van der Waals surface area contributed by atoms with Gasteiger partial charge in [0.25, 0.3) is 0 Å². The van der Waals surface area contributed by atoms with Gasteiger partial charge in [0, 0.05) is 20.3 Å². The second-order valence-electron chi connectivity index (χ2n) is 3.16. The lowest BCUT2D eigenvalue weighted by Gasteiger charge is -2.29. The van der Waals surface area contributed by atoms with Crippen LogP contribution in [0.2, 0.25) is 0 Å². The Morgan fingerprint density at radius 2 is 1.71 bits per heavy atom. The first-order valence-corrected chi connectivity index (χ1v) is 4.52. The lowest BCUT2D eigenvalue weighted by Crippen LogP contribution is -2.42. The molecular formula is C9H14O5. The number of hydrogen-bond donors (Lipinski definition) is 0. The third-order valence-corrected chi connectivity index (χ3v) is 1.88. The minimum absolute atomic E-state index is 0.289. The van der Waals surface area contributed by atoms with E-state index in [1.54, 1.807) is 0 Å². The topological polar surface area (TPSA) is 61.8 Å². The molecule has 1 saturated heterocycles. The second kappa shape index (κ2) is 4.95. The average Bonchev–Trinajstić information content (AvgIpc) is 2.06. The number of ether oxygens (including phenoxy) is 3. The first kappa shape index (κ1) is 11.0. The van der Waals surface area contributed by atoms with Gasteiger partial charge in [-0.25, -0.2) is 0 Å². The van der Waals surface area contributed by atoms with Gasteiger partial charge in [0.15, 0.2) is 6.10 Å². The number of hydrogen-bond acceptors (Lipinski definition) is 5. The molecule has 0 aromatic heterocycles. The van der Waals surface area contributed by atoms with Crippen molar-refractivity contribution in [2.45, 2.75) is 32.5 Å². The van der Waals surface area contributed by atoms with Gasteiger partial charge in [0.05, 0.1) is 13.2 Å². The molecule has 0 aromatic carbocycles. The van der Waals surface area contributed by atoms with Crippen LogP contribution in [0.25, 0.3) is 0 Å². The molecule has 0 saturated carbocycles. The average molecular weight is 202 g/mol. The summed E-state index contributed by atoms with van der Waals surface area (Å²) in [5.41, 5.74) is 0. The monoisotopic (exact) mass is 202 g/mol. The first-order chi connectivity index (χ1) is 6.59. The fourth-order valence-corrected chi connectivity index (χ4v) is 1.36. The van der Waals surface area contributed by atoms with Crippen LogP contribution >= 0.6 is 0 Å². The molecule has 0 radical (unpaired) electrons. The van der Waals surface area contributed by atoms with Crippen LogP contribution in [0, 0.1) is 0 Å². The van der Waals surface area contributed by atoms with E-state index in [-0.39, 0.29) is 18.7 Å². The quantitative estimate of drug-likeness (QED) is 0.601. The van der Waals surface area contributed by atoms with Gasteiger partial charge in [-0.2, -0.15) is 0 Å². The maximum Gasteiger partial charge on any atom is 0.303 e. The summed E-state index contributed by atoms with van der Waals surface area (Å²) in [6.07, 6.45) is -0.271. The molecule has 5 heteroatoms. The van der Waals surface area contributed by atoms with E-state index in [1.807, 2.05) is 0 Å². The maximum atomic E-state index is 10.7. The largest absolute Gasteiger partial charge is 0.458 e. The summed E-state index contributed by atoms with van der Waals surface area (Å²) in [6.45, 7) is 3.47. The Hall–Kier alpha value is -1.10. The summed E-state index contributed by atoms with van der Waals surface area (Å²) in [4.78, 5) is 21.5. The van der Waals surface area contributed by atoms with Gasteiger partial charge in [-0.05, 0) is 0 Å². The van der Waals surface area contributed by atoms with Gasteiger partial charge >= 0.3 is 11.9 Å². The minimum Gasteiger partial charge on any atom is -0.458 e. The highest BCUT2D eigenvalue weighted by Gasteiger charge is 2.30. The third-order valence-electron chi connectivity index (χ3n) is 1.88. The maximum absolute atomic E-state index is 10.7. The van der Waals surface area contributed by atoms with Gasteiger partial charge in [0.2, 0.25) is 0 Å². The lowest BCUT2D eigenvalue weighted by atomic mass is 10.1. The Kier molecular flexibility index (Phi) is 3.88. The molecule has 0 aromatic rings. The minimum atomic E-state index is -0.467. The molecule has 0 N–H and O–H groups in total. The van der Waals surface area contributed by atoms with Crippen LogP contribution in [-0.2, 0) is 23.8 Å². The smallest absolute Gasteiger partial charge is 0.303 e. The molecule has 0 amide bonds. The molecular weight excluding hydrogens is 188 g/mol. The molecule has 0 spiro atoms. The zero-order chi connectivity index (χ0) is 10.6. The standard InChI is InChI=1S/C9H14O5/c1-6(10)13-8-3-4-12-5-9(8)14-7(2)11/h8-9H,3-5H2,1-2H3/t8-,9-/m0/s1. The van der Waals surface area contributed by atoms with Crippen molar-refractivity contribution < 1.29 is 23.8 Å². The molecule has 5 nitrogen and oxygen atoms in total. The molecule has 1 aliphatic heterocycles. The Labute approximate surface area is 82.3 Å². The summed E-state index contributed by atoms with van der Waals surface area (Å²) in [6, 6.07) is 0. The second-order valence-corrected chi connectivity index (χ2v) is 3.16. The van der Waals surface area contributed by atoms with E-state index in [4.69, 9.17) is 14.2 Å². The molecule has 14 heavy (non-hydrogen) atoms. The van der Waals surface area contributed by atoms with Crippen molar-refractivity contribution in [2.75, 3.05) is 13.2 Å². The van der Waals surface area contributed by atoms with Gasteiger partial charge in [0.1, 0.15) is 6.10 Å². The van der Waals surface area contributed by atoms with Gasteiger partial charge < -0.3 is 14.2 Å². The van der Waals surface area contributed by atoms with Crippen LogP contribution in [0.4, 0.5) is 0 Å². The fraction of sp³-hybridized carbons (Fsp3) is 0.778. The number of rotatable bonds is 2. The normalized spacial score (nSPS) is 26.7. The van der Waals surface area contributed by atoms with E-state index in [1.165, 1.54) is 13.8 Å². The van der Waals surface area contributed by atoms with Crippen molar-refractivity contribution in [2.24, 2.45) is 0 Å². The highest BCUT2D eigenvalue weighted by atomic mass is 16.6. The molecule has 0 aliphatic carbocycles. The van der Waals surface area contributed by atoms with Crippen LogP contribution in [0.5, 0.6) is 0 Å². The van der Waals surface area contributed by atoms with E-state index in [9.17, 15) is 9.59 Å². The predicted molar refractivity (Wildman–Crippen MR) is 46.5 cm³/mol. The van der Waals surface area contributed by atoms with Gasteiger partial charge in [-0.15, -0.1) is 0 Å². The van der Waals surface area contributed by atoms with Crippen LogP contribution in [0.1, 0.15) is 20.3 Å². The van der Waals surface area contributed by atoms with Crippen LogP contribution < -0.4 is 0 Å². The van der Waals surface area contributed by atoms with Crippen LogP contribution in [-0.4, -0.2) is 37.4 Å². The zero-order valence-electron chi connectivity index (χ0n) is 8.32. The van der Waals surface area contributed by atoms with E-state index < -0.39 is 12.1 Å². The summed E-state index contributed by atoms with van der Waals surface area (Å²) >= 11 is 0. The third kappa shape index (κ3) is 3.33. The van der Waals surface area contributed by atoms with Crippen molar-refractivity contribution in [1.82, 2.24) is 0 Å². The Bertz CT molecular complexity index is 201. The predicted octanol–water partition coefficient (Wildman–Crippen LogP) is 0.270. The highest BCUT2D eigenvalue weighted by Crippen LogP contribution is 2.15. The summed E-state index contributed by atoms with van der Waals surface area (Å²) in [7, 11) is 0. The molecule has 0 bridgehead atoms. The molecule has 1 rings (SSSR count). The van der Waals surface area contributed by atoms with Crippen molar-refractivity contribution in [3.63, 3.8) is 0 Å². The molecule has 1 heterocycles. The number of carbonyl (C=O) groups is 2. The highest BCUT2D eigenvalue weighted by molar-refractivity contribution is 5.67. The van der Waals surface area contributed by atoms with Crippen molar-refractivity contribution in [3.8, 4) is 0 Å². The van der Waals surface area contributed by atoms with E-state index in [0.717, 1.165) is 0 Å². The van der Waals surface area contributed by atoms with Crippen molar-refractivity contribution >= 4 is 11.9 Å². The van der Waals surface area contributed by atoms with Gasteiger partial charge in [-0.3, -0.25) is 9.59 Å². The SMILES string of the molecule is CC(=O)O[C@H]1CCOC[C@@H]1OC(C)=O. The number of esters is 2. The van der Waals surface area contributed by atoms with Crippen LogP contribution in [0.3, 0.4) is 0 Å². The van der Waals surface area contributed by atoms with E-state index in [0.29, 0.717) is 13.0 Å². The molecule has 80 valence electrons. The van der Waals surface area contributed by atoms with Crippen molar-refractivity contribution in [3.05, 3.63) is 0 Å². The molecule has 2 atom stereocenters. The Morgan fingerprint density at radius 3 is 2.29 bits per heavy atom. The first-order valence-electron chi connectivity index (χ1n) is 4.52. The fourth-order valence-electron chi connectivity index (χ4n) is 1.36. The summed E-state index contributed by atoms with van der Waals surface area (Å²) in [5, 5.41) is 0. The molecule has 1 fully saturated rings. The van der Waals surface area contributed by atoms with Crippen LogP contribution in [0.15, 0.2) is 0 Å². The zero-order valence-corrected chi connectivity index (χ0v) is 8.32. The summed E-state index contributed by atoms with van der Waals surface area (Å²) in [5.74, 6) is -0.758. The molecule has 0 unspecified atom stereocenters. The molecule has 1 aliphatic rings.